The van der Waals surface area contributed by atoms with Crippen LogP contribution in [0.1, 0.15) is 22.5 Å². The Hall–Kier alpha value is -4.14. The summed E-state index contributed by atoms with van der Waals surface area (Å²) in [6.45, 7) is 1.36. The van der Waals surface area contributed by atoms with Gasteiger partial charge in [0.25, 0.3) is 11.1 Å². The van der Waals surface area contributed by atoms with Crippen LogP contribution < -0.4 is 20.8 Å². The Bertz CT molecular complexity index is 1320. The van der Waals surface area contributed by atoms with Crippen LogP contribution in [0.15, 0.2) is 40.2 Å². The highest BCUT2D eigenvalue weighted by molar-refractivity contribution is 5.44. The number of alkyl halides is 3. The Morgan fingerprint density at radius 1 is 1.22 bits per heavy atom. The zero-order chi connectivity index (χ0) is 23.6. The molecule has 0 aliphatic heterocycles. The van der Waals surface area contributed by atoms with Gasteiger partial charge in [-0.25, -0.2) is 10.1 Å². The van der Waals surface area contributed by atoms with E-state index in [0.29, 0.717) is 5.56 Å². The molecule has 3 aromatic rings. The van der Waals surface area contributed by atoms with Crippen molar-refractivity contribution < 1.29 is 17.9 Å². The van der Waals surface area contributed by atoms with E-state index in [1.807, 2.05) is 6.07 Å². The van der Waals surface area contributed by atoms with Gasteiger partial charge in [-0.05, 0) is 36.8 Å². The average molecular weight is 446 g/mol. The van der Waals surface area contributed by atoms with E-state index in [0.717, 1.165) is 10.9 Å². The van der Waals surface area contributed by atoms with E-state index in [-0.39, 0.29) is 29.2 Å². The minimum atomic E-state index is -4.95. The molecule has 2 heterocycles. The number of hydrogen-bond acceptors (Lipinski definition) is 7. The predicted octanol–water partition coefficient (Wildman–Crippen LogP) is 2.43. The molecule has 1 aromatic carbocycles. The SMILES string of the molecule is Cc1cc(C#N)cc(Oc2c(C(F)(F)F)ncn(Cc3cc(N(C)C)c(=O)[nH]n3)c2=O)c1. The summed E-state index contributed by atoms with van der Waals surface area (Å²) in [7, 11) is 3.26. The first kappa shape index (κ1) is 22.5. The second-order valence-electron chi connectivity index (χ2n) is 7.07. The molecule has 0 saturated heterocycles. The molecule has 0 aliphatic rings. The third-order valence-electron chi connectivity index (χ3n) is 4.32. The van der Waals surface area contributed by atoms with E-state index in [4.69, 9.17) is 10.00 Å². The van der Waals surface area contributed by atoms with E-state index in [9.17, 15) is 22.8 Å². The molecule has 9 nitrogen and oxygen atoms in total. The van der Waals surface area contributed by atoms with Crippen LogP contribution >= 0.6 is 0 Å². The van der Waals surface area contributed by atoms with Crippen LogP contribution in [0.4, 0.5) is 18.9 Å². The number of aromatic nitrogens is 4. The second-order valence-corrected chi connectivity index (χ2v) is 7.07. The fourth-order valence-electron chi connectivity index (χ4n) is 2.89. The maximum Gasteiger partial charge on any atom is 0.437 e. The fourth-order valence-corrected chi connectivity index (χ4v) is 2.89. The lowest BCUT2D eigenvalue weighted by atomic mass is 10.1. The molecular formula is C20H17F3N6O3. The molecule has 0 fully saturated rings. The topological polar surface area (TPSA) is 117 Å². The molecule has 0 amide bonds. The maximum atomic E-state index is 13.5. The van der Waals surface area contributed by atoms with E-state index < -0.39 is 28.7 Å². The summed E-state index contributed by atoms with van der Waals surface area (Å²) in [5, 5.41) is 15.2. The first-order valence-electron chi connectivity index (χ1n) is 9.12. The molecular weight excluding hydrogens is 429 g/mol. The number of ether oxygens (including phenoxy) is 1. The smallest absolute Gasteiger partial charge is 0.437 e. The number of nitrogens with one attached hydrogen (secondary N) is 1. The van der Waals surface area contributed by atoms with Crippen molar-refractivity contribution in [2.75, 3.05) is 19.0 Å². The molecule has 12 heteroatoms. The van der Waals surface area contributed by atoms with Crippen molar-refractivity contribution in [1.82, 2.24) is 19.7 Å². The first-order chi connectivity index (χ1) is 15.0. The van der Waals surface area contributed by atoms with Gasteiger partial charge >= 0.3 is 6.18 Å². The molecule has 0 radical (unpaired) electrons. The van der Waals surface area contributed by atoms with Gasteiger partial charge in [0.15, 0.2) is 5.69 Å². The molecule has 0 spiro atoms. The van der Waals surface area contributed by atoms with Crippen LogP contribution in [-0.4, -0.2) is 33.8 Å². The highest BCUT2D eigenvalue weighted by Gasteiger charge is 2.38. The predicted molar refractivity (Wildman–Crippen MR) is 108 cm³/mol. The number of nitriles is 1. The Morgan fingerprint density at radius 3 is 2.56 bits per heavy atom. The van der Waals surface area contributed by atoms with E-state index >= 15 is 0 Å². The number of aromatic amines is 1. The van der Waals surface area contributed by atoms with Gasteiger partial charge in [0, 0.05) is 14.1 Å². The van der Waals surface area contributed by atoms with Gasteiger partial charge in [0.1, 0.15) is 11.4 Å². The van der Waals surface area contributed by atoms with Crippen molar-refractivity contribution in [3.05, 3.63) is 73.8 Å². The molecule has 0 saturated carbocycles. The molecule has 1 N–H and O–H groups in total. The van der Waals surface area contributed by atoms with E-state index in [1.165, 1.54) is 29.2 Å². The number of aryl methyl sites for hydroxylation is 1. The molecule has 166 valence electrons. The number of anilines is 1. The van der Waals surface area contributed by atoms with Gasteiger partial charge < -0.3 is 9.64 Å². The number of H-pyrrole nitrogens is 1. The second kappa shape index (κ2) is 8.54. The quantitative estimate of drug-likeness (QED) is 0.640. The molecule has 32 heavy (non-hydrogen) atoms. The van der Waals surface area contributed by atoms with Gasteiger partial charge in [0.05, 0.1) is 30.2 Å². The summed E-state index contributed by atoms with van der Waals surface area (Å²) >= 11 is 0. The summed E-state index contributed by atoms with van der Waals surface area (Å²) < 4.78 is 46.7. The van der Waals surface area contributed by atoms with E-state index in [1.54, 1.807) is 21.0 Å². The van der Waals surface area contributed by atoms with Gasteiger partial charge in [-0.2, -0.15) is 23.5 Å². The lowest BCUT2D eigenvalue weighted by Crippen LogP contribution is -2.28. The van der Waals surface area contributed by atoms with Crippen LogP contribution in [0.25, 0.3) is 0 Å². The number of halogens is 3. The molecule has 0 atom stereocenters. The largest absolute Gasteiger partial charge is 0.449 e. The van der Waals surface area contributed by atoms with Gasteiger partial charge in [0.2, 0.25) is 5.75 Å². The molecule has 0 aliphatic carbocycles. The van der Waals surface area contributed by atoms with Crippen molar-refractivity contribution >= 4 is 5.69 Å². The van der Waals surface area contributed by atoms with Crippen LogP contribution in [0.5, 0.6) is 11.5 Å². The standard InChI is InChI=1S/C20H17F3N6O3/c1-11-4-12(8-24)6-14(5-11)32-16-17(20(21,22)23)25-10-29(19(16)31)9-13-7-15(28(2)3)18(30)27-26-13/h4-7,10H,9H2,1-3H3,(H,27,30). The van der Waals surface area contributed by atoms with Gasteiger partial charge in [-0.1, -0.05) is 0 Å². The fraction of sp³-hybridized carbons (Fsp3) is 0.250. The summed E-state index contributed by atoms with van der Waals surface area (Å²) in [5.74, 6) is -1.15. The van der Waals surface area contributed by atoms with Crippen molar-refractivity contribution in [1.29, 1.82) is 5.26 Å². The summed E-state index contributed by atoms with van der Waals surface area (Å²) in [5.41, 5.74) is -1.88. The highest BCUT2D eigenvalue weighted by atomic mass is 19.4. The van der Waals surface area contributed by atoms with Crippen LogP contribution in [0.2, 0.25) is 0 Å². The average Bonchev–Trinajstić information content (AvgIpc) is 2.70. The zero-order valence-corrected chi connectivity index (χ0v) is 17.2. The van der Waals surface area contributed by atoms with Gasteiger partial charge in [-0.3, -0.25) is 14.2 Å². The summed E-state index contributed by atoms with van der Waals surface area (Å²) in [4.78, 5) is 29.6. The minimum absolute atomic E-state index is 0.110. The molecule has 3 rings (SSSR count). The van der Waals surface area contributed by atoms with Crippen molar-refractivity contribution in [2.24, 2.45) is 0 Å². The Kier molecular flexibility index (Phi) is 6.02. The Balaban J connectivity index is 2.09. The Labute approximate surface area is 179 Å². The third-order valence-corrected chi connectivity index (χ3v) is 4.32. The van der Waals surface area contributed by atoms with Crippen LogP contribution in [0, 0.1) is 18.3 Å². The number of hydrogen-bond donors (Lipinski definition) is 1. The summed E-state index contributed by atoms with van der Waals surface area (Å²) in [6, 6.07) is 7.41. The zero-order valence-electron chi connectivity index (χ0n) is 17.2. The lowest BCUT2D eigenvalue weighted by Gasteiger charge is -2.15. The highest BCUT2D eigenvalue weighted by Crippen LogP contribution is 2.34. The first-order valence-corrected chi connectivity index (χ1v) is 9.12. The summed E-state index contributed by atoms with van der Waals surface area (Å²) in [6.07, 6.45) is -4.22. The number of nitrogens with zero attached hydrogens (tertiary/aromatic N) is 5. The monoisotopic (exact) mass is 446 g/mol. The van der Waals surface area contributed by atoms with E-state index in [2.05, 4.69) is 15.2 Å². The lowest BCUT2D eigenvalue weighted by molar-refractivity contribution is -0.142. The third kappa shape index (κ3) is 4.77. The number of rotatable bonds is 5. The Morgan fingerprint density at radius 2 is 1.94 bits per heavy atom. The van der Waals surface area contributed by atoms with Gasteiger partial charge in [-0.15, -0.1) is 0 Å². The normalized spacial score (nSPS) is 11.2. The molecule has 0 bridgehead atoms. The van der Waals surface area contributed by atoms with Crippen molar-refractivity contribution in [3.63, 3.8) is 0 Å². The van der Waals surface area contributed by atoms with Crippen LogP contribution in [-0.2, 0) is 12.7 Å². The molecule has 2 aromatic heterocycles. The molecule has 0 unspecified atom stereocenters. The van der Waals surface area contributed by atoms with Crippen LogP contribution in [0.3, 0.4) is 0 Å². The van der Waals surface area contributed by atoms with Crippen molar-refractivity contribution in [3.8, 4) is 17.6 Å². The maximum absolute atomic E-state index is 13.5. The minimum Gasteiger partial charge on any atom is -0.449 e. The van der Waals surface area contributed by atoms with Crippen molar-refractivity contribution in [2.45, 2.75) is 19.6 Å². The number of benzene rings is 1.